The van der Waals surface area contributed by atoms with Crippen LogP contribution in [0.2, 0.25) is 0 Å². The van der Waals surface area contributed by atoms with Gasteiger partial charge in [0.25, 0.3) is 5.91 Å². The molecule has 14 heavy (non-hydrogen) atoms. The van der Waals surface area contributed by atoms with E-state index in [-0.39, 0.29) is 5.91 Å². The summed E-state index contributed by atoms with van der Waals surface area (Å²) in [5, 5.41) is 2.60. The van der Waals surface area contributed by atoms with Gasteiger partial charge in [-0.3, -0.25) is 9.79 Å². The molecule has 0 aromatic carbocycles. The lowest BCUT2D eigenvalue weighted by Crippen LogP contribution is -2.33. The summed E-state index contributed by atoms with van der Waals surface area (Å²) >= 11 is 0. The van der Waals surface area contributed by atoms with E-state index in [9.17, 15) is 4.79 Å². The smallest absolute Gasteiger partial charge is 0.271 e. The molecule has 1 N–H and O–H groups in total. The maximum atomic E-state index is 11.5. The standard InChI is InChI=1S/C10H13N3O/c1-7-3-4-8-9(10(14)11-2)12-5-6-13(7)8/h3-4H,5-6H2,1-2H3,(H,11,14). The number of nitrogens with zero attached hydrogens (tertiary/aromatic N) is 2. The molecule has 1 aliphatic rings. The Kier molecular flexibility index (Phi) is 2.11. The van der Waals surface area contributed by atoms with Gasteiger partial charge < -0.3 is 9.88 Å². The number of aryl methyl sites for hydroxylation is 1. The SMILES string of the molecule is CNC(=O)C1=NCCn2c(C)ccc21. The average molecular weight is 191 g/mol. The van der Waals surface area contributed by atoms with E-state index in [1.165, 1.54) is 5.69 Å². The Hall–Kier alpha value is -1.58. The monoisotopic (exact) mass is 191 g/mol. The number of aromatic nitrogens is 1. The summed E-state index contributed by atoms with van der Waals surface area (Å²) in [6.45, 7) is 3.59. The van der Waals surface area contributed by atoms with Crippen molar-refractivity contribution < 1.29 is 4.79 Å². The third kappa shape index (κ3) is 1.23. The lowest BCUT2D eigenvalue weighted by Gasteiger charge is -2.16. The summed E-state index contributed by atoms with van der Waals surface area (Å²) in [4.78, 5) is 15.7. The van der Waals surface area contributed by atoms with Gasteiger partial charge in [-0.1, -0.05) is 0 Å². The highest BCUT2D eigenvalue weighted by Crippen LogP contribution is 2.13. The molecule has 0 radical (unpaired) electrons. The Balaban J connectivity index is 2.45. The van der Waals surface area contributed by atoms with Gasteiger partial charge in [-0.2, -0.15) is 0 Å². The quantitative estimate of drug-likeness (QED) is 0.684. The minimum Gasteiger partial charge on any atom is -0.354 e. The van der Waals surface area contributed by atoms with Crippen molar-refractivity contribution in [1.29, 1.82) is 0 Å². The van der Waals surface area contributed by atoms with Crippen molar-refractivity contribution in [3.8, 4) is 0 Å². The van der Waals surface area contributed by atoms with E-state index in [1.54, 1.807) is 7.05 Å². The van der Waals surface area contributed by atoms with Gasteiger partial charge in [-0.05, 0) is 19.1 Å². The molecule has 0 saturated carbocycles. The van der Waals surface area contributed by atoms with Crippen molar-refractivity contribution >= 4 is 11.6 Å². The summed E-state index contributed by atoms with van der Waals surface area (Å²) in [5.41, 5.74) is 2.65. The predicted octanol–water partition coefficient (Wildman–Crippen LogP) is 0.345. The zero-order chi connectivity index (χ0) is 10.1. The number of carbonyl (C=O) groups excluding carboxylic acids is 1. The van der Waals surface area contributed by atoms with Gasteiger partial charge >= 0.3 is 0 Å². The second-order valence-electron chi connectivity index (χ2n) is 3.32. The van der Waals surface area contributed by atoms with Crippen molar-refractivity contribution in [2.45, 2.75) is 13.5 Å². The normalized spacial score (nSPS) is 14.6. The van der Waals surface area contributed by atoms with Crippen molar-refractivity contribution in [1.82, 2.24) is 9.88 Å². The zero-order valence-corrected chi connectivity index (χ0v) is 8.37. The van der Waals surface area contributed by atoms with Gasteiger partial charge in [0, 0.05) is 19.3 Å². The largest absolute Gasteiger partial charge is 0.354 e. The van der Waals surface area contributed by atoms with E-state index in [4.69, 9.17) is 0 Å². The Morgan fingerprint density at radius 3 is 3.07 bits per heavy atom. The minimum absolute atomic E-state index is 0.107. The van der Waals surface area contributed by atoms with E-state index in [0.29, 0.717) is 12.3 Å². The highest BCUT2D eigenvalue weighted by Gasteiger charge is 2.20. The molecule has 4 nitrogen and oxygen atoms in total. The molecule has 0 aliphatic carbocycles. The first kappa shape index (κ1) is 8.99. The fourth-order valence-electron chi connectivity index (χ4n) is 1.72. The molecule has 0 bridgehead atoms. The number of fused-ring (bicyclic) bond motifs is 1. The van der Waals surface area contributed by atoms with E-state index in [1.807, 2.05) is 19.1 Å². The van der Waals surface area contributed by atoms with E-state index in [0.717, 1.165) is 12.2 Å². The maximum absolute atomic E-state index is 11.5. The number of carbonyl (C=O) groups is 1. The van der Waals surface area contributed by atoms with Crippen LogP contribution >= 0.6 is 0 Å². The first-order chi connectivity index (χ1) is 6.74. The lowest BCUT2D eigenvalue weighted by atomic mass is 10.2. The van der Waals surface area contributed by atoms with Crippen LogP contribution < -0.4 is 5.32 Å². The summed E-state index contributed by atoms with van der Waals surface area (Å²) in [7, 11) is 1.62. The summed E-state index contributed by atoms with van der Waals surface area (Å²) in [6, 6.07) is 3.96. The first-order valence-corrected chi connectivity index (χ1v) is 4.67. The summed E-state index contributed by atoms with van der Waals surface area (Å²) in [6.07, 6.45) is 0. The van der Waals surface area contributed by atoms with Gasteiger partial charge in [0.2, 0.25) is 0 Å². The molecule has 0 unspecified atom stereocenters. The number of nitrogens with one attached hydrogen (secondary N) is 1. The molecule has 1 aromatic heterocycles. The lowest BCUT2D eigenvalue weighted by molar-refractivity contribution is -0.114. The van der Waals surface area contributed by atoms with Gasteiger partial charge in [0.1, 0.15) is 5.71 Å². The van der Waals surface area contributed by atoms with Crippen LogP contribution in [0.1, 0.15) is 11.4 Å². The molecule has 0 atom stereocenters. The van der Waals surface area contributed by atoms with Crippen LogP contribution in [-0.4, -0.2) is 29.8 Å². The van der Waals surface area contributed by atoms with Gasteiger partial charge in [-0.25, -0.2) is 0 Å². The fourth-order valence-corrected chi connectivity index (χ4v) is 1.72. The van der Waals surface area contributed by atoms with Gasteiger partial charge in [0.05, 0.1) is 12.2 Å². The zero-order valence-electron chi connectivity index (χ0n) is 8.37. The number of likely N-dealkylation sites (N-methyl/N-ethyl adjacent to an activating group) is 1. The highest BCUT2D eigenvalue weighted by molar-refractivity contribution is 6.45. The molecular formula is C10H13N3O. The Bertz CT molecular complexity index is 403. The molecule has 1 amide bonds. The molecule has 4 heteroatoms. The Morgan fingerprint density at radius 1 is 1.57 bits per heavy atom. The van der Waals surface area contributed by atoms with Gasteiger partial charge in [-0.15, -0.1) is 0 Å². The van der Waals surface area contributed by atoms with Crippen LogP contribution in [0, 0.1) is 6.92 Å². The number of rotatable bonds is 1. The first-order valence-electron chi connectivity index (χ1n) is 4.67. The van der Waals surface area contributed by atoms with Crippen molar-refractivity contribution in [3.05, 3.63) is 23.5 Å². The second kappa shape index (κ2) is 3.29. The molecular weight excluding hydrogens is 178 g/mol. The van der Waals surface area contributed by atoms with Crippen LogP contribution in [0.25, 0.3) is 0 Å². The molecule has 1 aliphatic heterocycles. The van der Waals surface area contributed by atoms with Crippen LogP contribution in [0.5, 0.6) is 0 Å². The van der Waals surface area contributed by atoms with Crippen LogP contribution in [0.15, 0.2) is 17.1 Å². The number of amides is 1. The van der Waals surface area contributed by atoms with E-state index < -0.39 is 0 Å². The maximum Gasteiger partial charge on any atom is 0.271 e. The third-order valence-corrected chi connectivity index (χ3v) is 2.48. The van der Waals surface area contributed by atoms with Crippen molar-refractivity contribution in [3.63, 3.8) is 0 Å². The van der Waals surface area contributed by atoms with Crippen LogP contribution in [0.3, 0.4) is 0 Å². The molecule has 0 fully saturated rings. The number of hydrogen-bond acceptors (Lipinski definition) is 2. The second-order valence-corrected chi connectivity index (χ2v) is 3.32. The molecule has 0 spiro atoms. The molecule has 2 rings (SSSR count). The minimum atomic E-state index is -0.107. The fraction of sp³-hybridized carbons (Fsp3) is 0.400. The van der Waals surface area contributed by atoms with Crippen molar-refractivity contribution in [2.75, 3.05) is 13.6 Å². The molecule has 0 saturated heterocycles. The summed E-state index contributed by atoms with van der Waals surface area (Å²) < 4.78 is 2.12. The molecule has 2 heterocycles. The average Bonchev–Trinajstić information content (AvgIpc) is 2.59. The predicted molar refractivity (Wildman–Crippen MR) is 54.6 cm³/mol. The third-order valence-electron chi connectivity index (χ3n) is 2.48. The molecule has 1 aromatic rings. The molecule has 74 valence electrons. The number of hydrogen-bond donors (Lipinski definition) is 1. The van der Waals surface area contributed by atoms with Crippen LogP contribution in [-0.2, 0) is 11.3 Å². The van der Waals surface area contributed by atoms with Gasteiger partial charge in [0.15, 0.2) is 0 Å². The number of aliphatic imine (C=N–C) groups is 1. The van der Waals surface area contributed by atoms with E-state index >= 15 is 0 Å². The van der Waals surface area contributed by atoms with Crippen LogP contribution in [0.4, 0.5) is 0 Å². The van der Waals surface area contributed by atoms with E-state index in [2.05, 4.69) is 14.9 Å². The summed E-state index contributed by atoms with van der Waals surface area (Å²) in [5.74, 6) is -0.107. The van der Waals surface area contributed by atoms with Crippen molar-refractivity contribution in [2.24, 2.45) is 4.99 Å². The Labute approximate surface area is 82.6 Å². The highest BCUT2D eigenvalue weighted by atomic mass is 16.1. The Morgan fingerprint density at radius 2 is 2.36 bits per heavy atom. The topological polar surface area (TPSA) is 46.4 Å².